The number of hydrogen-bond acceptors (Lipinski definition) is 4. The minimum Gasteiger partial charge on any atom is -0.465 e. The first-order valence-corrected chi connectivity index (χ1v) is 8.77. The number of benzene rings is 1. The topological polar surface area (TPSA) is 65.0 Å². The molecule has 1 saturated carbocycles. The second kappa shape index (κ2) is 6.55. The van der Waals surface area contributed by atoms with E-state index in [1.807, 2.05) is 11.2 Å². The summed E-state index contributed by atoms with van der Waals surface area (Å²) in [5.41, 5.74) is 3.96. The average molecular weight is 347 g/mol. The SMILES string of the molecule is O=C(O)N1CCC(C(C2=CN(C3CC3)NO2)c2ccc(F)cc2)CC1. The zero-order valence-corrected chi connectivity index (χ0v) is 13.9. The molecule has 1 atom stereocenters. The standard InChI is InChI=1S/C18H22FN3O3/c19-14-3-1-12(2-4-14)17(13-7-9-21(10-8-13)18(23)24)16-11-22(20-25-16)15-5-6-15/h1-4,11,13,15,17,20H,5-10H2,(H,23,24). The van der Waals surface area contributed by atoms with Gasteiger partial charge in [-0.2, -0.15) is 0 Å². The van der Waals surface area contributed by atoms with Gasteiger partial charge in [-0.25, -0.2) is 9.18 Å². The Balaban J connectivity index is 1.57. The Labute approximate surface area is 145 Å². The first-order chi connectivity index (χ1) is 12.1. The van der Waals surface area contributed by atoms with Crippen LogP contribution >= 0.6 is 0 Å². The Kier molecular flexibility index (Phi) is 4.25. The molecular formula is C18H22FN3O3. The van der Waals surface area contributed by atoms with E-state index in [0.29, 0.717) is 19.1 Å². The molecule has 25 heavy (non-hydrogen) atoms. The lowest BCUT2D eigenvalue weighted by atomic mass is 9.79. The predicted octanol–water partition coefficient (Wildman–Crippen LogP) is 3.05. The fourth-order valence-electron chi connectivity index (χ4n) is 3.73. The normalized spacial score (nSPS) is 22.5. The fraction of sp³-hybridized carbons (Fsp3) is 0.500. The number of rotatable bonds is 4. The average Bonchev–Trinajstić information content (AvgIpc) is 3.36. The highest BCUT2D eigenvalue weighted by molar-refractivity contribution is 5.65. The third-order valence-electron chi connectivity index (χ3n) is 5.29. The van der Waals surface area contributed by atoms with Gasteiger partial charge in [0.05, 0.1) is 6.20 Å². The van der Waals surface area contributed by atoms with Gasteiger partial charge in [0.2, 0.25) is 0 Å². The van der Waals surface area contributed by atoms with Gasteiger partial charge in [-0.15, -0.1) is 0 Å². The number of hydrogen-bond donors (Lipinski definition) is 2. The molecule has 6 nitrogen and oxygen atoms in total. The van der Waals surface area contributed by atoms with Gasteiger partial charge in [0.15, 0.2) is 5.76 Å². The Morgan fingerprint density at radius 1 is 1.20 bits per heavy atom. The van der Waals surface area contributed by atoms with Crippen LogP contribution in [-0.2, 0) is 4.84 Å². The Morgan fingerprint density at radius 3 is 2.48 bits per heavy atom. The molecule has 0 aromatic heterocycles. The monoisotopic (exact) mass is 347 g/mol. The number of nitrogens with zero attached hydrogens (tertiary/aromatic N) is 2. The van der Waals surface area contributed by atoms with E-state index in [9.17, 15) is 9.18 Å². The molecular weight excluding hydrogens is 325 g/mol. The molecule has 0 spiro atoms. The maximum absolute atomic E-state index is 13.3. The quantitative estimate of drug-likeness (QED) is 0.876. The maximum atomic E-state index is 13.3. The molecule has 7 heteroatoms. The van der Waals surface area contributed by atoms with Crippen molar-refractivity contribution in [3.8, 4) is 0 Å². The van der Waals surface area contributed by atoms with Crippen LogP contribution in [-0.4, -0.2) is 40.2 Å². The second-order valence-electron chi connectivity index (χ2n) is 7.00. The molecule has 1 aromatic rings. The lowest BCUT2D eigenvalue weighted by Crippen LogP contribution is -2.39. The predicted molar refractivity (Wildman–Crippen MR) is 88.6 cm³/mol. The first-order valence-electron chi connectivity index (χ1n) is 8.77. The fourth-order valence-corrected chi connectivity index (χ4v) is 3.73. The van der Waals surface area contributed by atoms with E-state index in [1.165, 1.54) is 17.0 Å². The van der Waals surface area contributed by atoms with Gasteiger partial charge < -0.3 is 14.8 Å². The molecule has 1 aromatic carbocycles. The lowest BCUT2D eigenvalue weighted by molar-refractivity contribution is 0.00651. The number of halogens is 1. The zero-order chi connectivity index (χ0) is 17.4. The van der Waals surface area contributed by atoms with E-state index in [4.69, 9.17) is 9.94 Å². The van der Waals surface area contributed by atoms with Crippen molar-refractivity contribution in [3.05, 3.63) is 47.6 Å². The molecule has 3 aliphatic rings. The molecule has 1 unspecified atom stereocenters. The third kappa shape index (κ3) is 3.42. The van der Waals surface area contributed by atoms with Gasteiger partial charge in [-0.1, -0.05) is 17.7 Å². The summed E-state index contributed by atoms with van der Waals surface area (Å²) in [6.07, 6.45) is 4.97. The molecule has 0 radical (unpaired) electrons. The lowest BCUT2D eigenvalue weighted by Gasteiger charge is -2.34. The Bertz CT molecular complexity index is 667. The largest absolute Gasteiger partial charge is 0.465 e. The molecule has 2 fully saturated rings. The van der Waals surface area contributed by atoms with Crippen LogP contribution in [0.1, 0.15) is 37.2 Å². The van der Waals surface area contributed by atoms with Crippen LogP contribution in [0.15, 0.2) is 36.2 Å². The Morgan fingerprint density at radius 2 is 1.88 bits per heavy atom. The molecule has 2 heterocycles. The molecule has 1 amide bonds. The zero-order valence-electron chi connectivity index (χ0n) is 13.9. The minimum atomic E-state index is -0.866. The highest BCUT2D eigenvalue weighted by Gasteiger charge is 2.37. The van der Waals surface area contributed by atoms with E-state index in [-0.39, 0.29) is 17.7 Å². The van der Waals surface area contributed by atoms with Gasteiger partial charge in [0, 0.05) is 25.0 Å². The summed E-state index contributed by atoms with van der Waals surface area (Å²) in [6, 6.07) is 7.02. The smallest absolute Gasteiger partial charge is 0.407 e. The summed E-state index contributed by atoms with van der Waals surface area (Å²) >= 11 is 0. The minimum absolute atomic E-state index is 0.00667. The summed E-state index contributed by atoms with van der Waals surface area (Å²) < 4.78 is 13.3. The van der Waals surface area contributed by atoms with Crippen molar-refractivity contribution < 1.29 is 19.1 Å². The summed E-state index contributed by atoms with van der Waals surface area (Å²) in [6.45, 7) is 1.04. The number of carbonyl (C=O) groups is 1. The highest BCUT2D eigenvalue weighted by Crippen LogP contribution is 2.41. The molecule has 0 bridgehead atoms. The van der Waals surface area contributed by atoms with Gasteiger partial charge in [0.25, 0.3) is 0 Å². The second-order valence-corrected chi connectivity index (χ2v) is 7.00. The molecule has 2 aliphatic heterocycles. The number of hydrazine groups is 1. The number of carboxylic acid groups (broad SMARTS) is 1. The van der Waals surface area contributed by atoms with Crippen LogP contribution in [0.5, 0.6) is 0 Å². The molecule has 134 valence electrons. The van der Waals surface area contributed by atoms with Gasteiger partial charge in [-0.3, -0.25) is 5.01 Å². The van der Waals surface area contributed by atoms with Crippen LogP contribution < -0.4 is 5.59 Å². The van der Waals surface area contributed by atoms with Crippen molar-refractivity contribution in [1.29, 1.82) is 0 Å². The van der Waals surface area contributed by atoms with E-state index < -0.39 is 6.09 Å². The van der Waals surface area contributed by atoms with Crippen molar-refractivity contribution >= 4 is 6.09 Å². The van der Waals surface area contributed by atoms with Crippen molar-refractivity contribution in [2.45, 2.75) is 37.6 Å². The highest BCUT2D eigenvalue weighted by atomic mass is 19.1. The van der Waals surface area contributed by atoms with E-state index in [2.05, 4.69) is 5.59 Å². The summed E-state index contributed by atoms with van der Waals surface area (Å²) in [7, 11) is 0. The molecule has 2 N–H and O–H groups in total. The first kappa shape index (κ1) is 16.2. The van der Waals surface area contributed by atoms with Crippen LogP contribution in [0, 0.1) is 11.7 Å². The molecule has 1 aliphatic carbocycles. The van der Waals surface area contributed by atoms with Crippen molar-refractivity contribution in [1.82, 2.24) is 15.5 Å². The van der Waals surface area contributed by atoms with Crippen LogP contribution in [0.4, 0.5) is 9.18 Å². The number of piperidine rings is 1. The Hall–Kier alpha value is -2.28. The van der Waals surface area contributed by atoms with Crippen LogP contribution in [0.2, 0.25) is 0 Å². The molecule has 1 saturated heterocycles. The summed E-state index contributed by atoms with van der Waals surface area (Å²) in [5.74, 6) is 0.815. The van der Waals surface area contributed by atoms with E-state index >= 15 is 0 Å². The van der Waals surface area contributed by atoms with Gasteiger partial charge >= 0.3 is 6.09 Å². The number of likely N-dealkylation sites (tertiary alicyclic amines) is 1. The van der Waals surface area contributed by atoms with Gasteiger partial charge in [-0.05, 0) is 49.3 Å². The van der Waals surface area contributed by atoms with Crippen molar-refractivity contribution in [3.63, 3.8) is 0 Å². The number of amides is 1. The molecule has 4 rings (SSSR count). The van der Waals surface area contributed by atoms with Crippen LogP contribution in [0.3, 0.4) is 0 Å². The maximum Gasteiger partial charge on any atom is 0.407 e. The van der Waals surface area contributed by atoms with E-state index in [1.54, 1.807) is 12.1 Å². The summed E-state index contributed by atoms with van der Waals surface area (Å²) in [4.78, 5) is 18.4. The van der Waals surface area contributed by atoms with E-state index in [0.717, 1.165) is 37.0 Å². The van der Waals surface area contributed by atoms with Gasteiger partial charge in [0.1, 0.15) is 5.82 Å². The van der Waals surface area contributed by atoms with Crippen molar-refractivity contribution in [2.24, 2.45) is 5.92 Å². The summed E-state index contributed by atoms with van der Waals surface area (Å²) in [5, 5.41) is 11.2. The third-order valence-corrected chi connectivity index (χ3v) is 5.29. The number of nitrogens with one attached hydrogen (secondary N) is 1. The van der Waals surface area contributed by atoms with Crippen LogP contribution in [0.25, 0.3) is 0 Å². The number of allylic oxidation sites excluding steroid dienone is 1. The van der Waals surface area contributed by atoms with Crippen molar-refractivity contribution in [2.75, 3.05) is 13.1 Å².